The Hall–Kier alpha value is -3.94. The average Bonchev–Trinajstić information content (AvgIpc) is 3.41. The SMILES string of the molecule is Cc1cc(C(=O)COC(=O)C2COc3ccccc3O2)c(C)n1Cc1ccc2c(c1)OCO2. The Morgan fingerprint density at radius 1 is 0.970 bits per heavy atom. The fraction of sp³-hybridized carbons (Fsp3) is 0.280. The minimum absolute atomic E-state index is 0.0358. The standard InChI is InChI=1S/C25H23NO7/c1-15-9-18(16(2)26(15)11-17-7-8-21-23(10-17)32-14-31-21)19(27)12-30-25(28)24-13-29-20-5-3-4-6-22(20)33-24/h3-10,24H,11-14H2,1-2H3. The third-order valence-corrected chi connectivity index (χ3v) is 5.77. The molecule has 2 aliphatic rings. The Balaban J connectivity index is 1.23. The minimum Gasteiger partial charge on any atom is -0.485 e. The van der Waals surface area contributed by atoms with Crippen molar-refractivity contribution >= 4 is 11.8 Å². The molecule has 0 amide bonds. The number of aryl methyl sites for hydroxylation is 1. The molecule has 8 nitrogen and oxygen atoms in total. The molecule has 1 atom stereocenters. The van der Waals surface area contributed by atoms with E-state index in [9.17, 15) is 9.59 Å². The monoisotopic (exact) mass is 449 g/mol. The molecule has 33 heavy (non-hydrogen) atoms. The Kier molecular flexibility index (Phi) is 5.42. The molecule has 5 rings (SSSR count). The maximum Gasteiger partial charge on any atom is 0.351 e. The third kappa shape index (κ3) is 4.11. The van der Waals surface area contributed by atoms with Gasteiger partial charge in [0.25, 0.3) is 0 Å². The molecular weight excluding hydrogens is 426 g/mol. The van der Waals surface area contributed by atoms with E-state index in [0.717, 1.165) is 28.5 Å². The number of fused-ring (bicyclic) bond motifs is 2. The molecule has 8 heteroatoms. The summed E-state index contributed by atoms with van der Waals surface area (Å²) < 4.78 is 29.3. The van der Waals surface area contributed by atoms with Crippen LogP contribution in [0.15, 0.2) is 48.5 Å². The fourth-order valence-corrected chi connectivity index (χ4v) is 3.99. The van der Waals surface area contributed by atoms with Crippen molar-refractivity contribution < 1.29 is 33.3 Å². The van der Waals surface area contributed by atoms with Gasteiger partial charge in [0.1, 0.15) is 6.61 Å². The first-order valence-corrected chi connectivity index (χ1v) is 10.6. The molecule has 1 aromatic heterocycles. The molecule has 1 unspecified atom stereocenters. The molecule has 2 aromatic carbocycles. The Morgan fingerprint density at radius 2 is 1.73 bits per heavy atom. The zero-order valence-electron chi connectivity index (χ0n) is 18.3. The molecular formula is C25H23NO7. The van der Waals surface area contributed by atoms with Crippen LogP contribution in [0, 0.1) is 13.8 Å². The second kappa shape index (κ2) is 8.54. The van der Waals surface area contributed by atoms with Gasteiger partial charge in [0.2, 0.25) is 18.7 Å². The van der Waals surface area contributed by atoms with Crippen molar-refractivity contribution in [1.29, 1.82) is 0 Å². The van der Waals surface area contributed by atoms with E-state index in [-0.39, 0.29) is 25.8 Å². The largest absolute Gasteiger partial charge is 0.485 e. The summed E-state index contributed by atoms with van der Waals surface area (Å²) in [7, 11) is 0. The molecule has 170 valence electrons. The number of rotatable bonds is 6. The molecule has 0 bridgehead atoms. The number of esters is 1. The number of aromatic nitrogens is 1. The number of benzene rings is 2. The molecule has 0 saturated heterocycles. The van der Waals surface area contributed by atoms with Crippen LogP contribution in [-0.4, -0.2) is 42.4 Å². The van der Waals surface area contributed by atoms with Crippen molar-refractivity contribution in [2.75, 3.05) is 20.0 Å². The van der Waals surface area contributed by atoms with E-state index in [1.807, 2.05) is 48.7 Å². The van der Waals surface area contributed by atoms with Crippen molar-refractivity contribution in [2.45, 2.75) is 26.5 Å². The van der Waals surface area contributed by atoms with Gasteiger partial charge in [-0.15, -0.1) is 0 Å². The molecule has 3 heterocycles. The highest BCUT2D eigenvalue weighted by molar-refractivity contribution is 5.99. The van der Waals surface area contributed by atoms with E-state index < -0.39 is 12.1 Å². The van der Waals surface area contributed by atoms with E-state index in [1.54, 1.807) is 18.2 Å². The van der Waals surface area contributed by atoms with Gasteiger partial charge in [0, 0.05) is 23.5 Å². The number of ether oxygens (including phenoxy) is 5. The lowest BCUT2D eigenvalue weighted by Crippen LogP contribution is -2.38. The lowest BCUT2D eigenvalue weighted by molar-refractivity contribution is -0.153. The highest BCUT2D eigenvalue weighted by Crippen LogP contribution is 2.33. The maximum absolute atomic E-state index is 12.8. The van der Waals surface area contributed by atoms with Crippen LogP contribution in [0.1, 0.15) is 27.3 Å². The summed E-state index contributed by atoms with van der Waals surface area (Å²) in [5.41, 5.74) is 3.28. The van der Waals surface area contributed by atoms with Gasteiger partial charge in [0.05, 0.1) is 0 Å². The van der Waals surface area contributed by atoms with E-state index in [4.69, 9.17) is 23.7 Å². The van der Waals surface area contributed by atoms with Crippen molar-refractivity contribution in [3.05, 3.63) is 71.0 Å². The van der Waals surface area contributed by atoms with E-state index >= 15 is 0 Å². The van der Waals surface area contributed by atoms with Gasteiger partial charge >= 0.3 is 5.97 Å². The Morgan fingerprint density at radius 3 is 2.58 bits per heavy atom. The summed E-state index contributed by atoms with van der Waals surface area (Å²) in [4.78, 5) is 25.3. The van der Waals surface area contributed by atoms with Gasteiger partial charge in [-0.25, -0.2) is 4.79 Å². The van der Waals surface area contributed by atoms with Crippen LogP contribution in [0.25, 0.3) is 0 Å². The minimum atomic E-state index is -0.911. The van der Waals surface area contributed by atoms with Gasteiger partial charge in [-0.3, -0.25) is 4.79 Å². The highest BCUT2D eigenvalue weighted by atomic mass is 16.7. The number of carbonyl (C=O) groups excluding carboxylic acids is 2. The normalized spacial score (nSPS) is 15.9. The van der Waals surface area contributed by atoms with Crippen molar-refractivity contribution in [1.82, 2.24) is 4.57 Å². The summed E-state index contributed by atoms with van der Waals surface area (Å²) in [6.07, 6.45) is -0.911. The molecule has 0 fully saturated rings. The van der Waals surface area contributed by atoms with E-state index in [0.29, 0.717) is 23.6 Å². The summed E-state index contributed by atoms with van der Waals surface area (Å²) in [5, 5.41) is 0. The number of para-hydroxylation sites is 2. The smallest absolute Gasteiger partial charge is 0.351 e. The number of nitrogens with zero attached hydrogens (tertiary/aromatic N) is 1. The fourth-order valence-electron chi connectivity index (χ4n) is 3.99. The van der Waals surface area contributed by atoms with Crippen LogP contribution in [0.3, 0.4) is 0 Å². The molecule has 0 N–H and O–H groups in total. The molecule has 0 saturated carbocycles. The first-order chi connectivity index (χ1) is 16.0. The first-order valence-electron chi connectivity index (χ1n) is 10.6. The highest BCUT2D eigenvalue weighted by Gasteiger charge is 2.29. The van der Waals surface area contributed by atoms with Gasteiger partial charge in [-0.2, -0.15) is 0 Å². The summed E-state index contributed by atoms with van der Waals surface area (Å²) in [5.74, 6) is 1.59. The van der Waals surface area contributed by atoms with Gasteiger partial charge < -0.3 is 28.3 Å². The van der Waals surface area contributed by atoms with Gasteiger partial charge in [-0.05, 0) is 49.7 Å². The summed E-state index contributed by atoms with van der Waals surface area (Å²) in [6.45, 7) is 4.29. The average molecular weight is 449 g/mol. The molecule has 3 aromatic rings. The Bertz CT molecular complexity index is 1230. The van der Waals surface area contributed by atoms with Gasteiger partial charge in [-0.1, -0.05) is 18.2 Å². The predicted molar refractivity (Wildman–Crippen MR) is 117 cm³/mol. The lowest BCUT2D eigenvalue weighted by atomic mass is 10.1. The van der Waals surface area contributed by atoms with Crippen LogP contribution < -0.4 is 18.9 Å². The zero-order valence-corrected chi connectivity index (χ0v) is 18.3. The number of hydrogen-bond acceptors (Lipinski definition) is 7. The predicted octanol–water partition coefficient (Wildman–Crippen LogP) is 3.45. The van der Waals surface area contributed by atoms with E-state index in [1.165, 1.54) is 0 Å². The number of ketones is 1. The zero-order chi connectivity index (χ0) is 22.9. The topological polar surface area (TPSA) is 85.2 Å². The molecule has 0 aliphatic carbocycles. The van der Waals surface area contributed by atoms with Crippen molar-refractivity contribution in [3.63, 3.8) is 0 Å². The van der Waals surface area contributed by atoms with Crippen LogP contribution in [0.2, 0.25) is 0 Å². The maximum atomic E-state index is 12.8. The summed E-state index contributed by atoms with van der Waals surface area (Å²) in [6, 6.07) is 14.7. The second-order valence-electron chi connectivity index (χ2n) is 7.95. The third-order valence-electron chi connectivity index (χ3n) is 5.77. The van der Waals surface area contributed by atoms with Crippen molar-refractivity contribution in [2.24, 2.45) is 0 Å². The Labute approximate surface area is 190 Å². The van der Waals surface area contributed by atoms with Crippen LogP contribution in [0.4, 0.5) is 0 Å². The van der Waals surface area contributed by atoms with Crippen molar-refractivity contribution in [3.8, 4) is 23.0 Å². The first kappa shape index (κ1) is 20.9. The van der Waals surface area contributed by atoms with Crippen LogP contribution in [-0.2, 0) is 16.1 Å². The van der Waals surface area contributed by atoms with E-state index in [2.05, 4.69) is 0 Å². The number of hydrogen-bond donors (Lipinski definition) is 0. The number of Topliss-reactive ketones (excluding diaryl/α,β-unsaturated/α-hetero) is 1. The van der Waals surface area contributed by atoms with Crippen LogP contribution in [0.5, 0.6) is 23.0 Å². The second-order valence-corrected chi connectivity index (χ2v) is 7.95. The quantitative estimate of drug-likeness (QED) is 0.421. The molecule has 0 spiro atoms. The number of carbonyl (C=O) groups is 2. The lowest BCUT2D eigenvalue weighted by Gasteiger charge is -2.24. The van der Waals surface area contributed by atoms with Gasteiger partial charge in [0.15, 0.2) is 29.6 Å². The molecule has 0 radical (unpaired) electrons. The molecule has 2 aliphatic heterocycles. The van der Waals surface area contributed by atoms with Crippen LogP contribution >= 0.6 is 0 Å². The summed E-state index contributed by atoms with van der Waals surface area (Å²) >= 11 is 0.